The maximum absolute atomic E-state index is 13.2. The van der Waals surface area contributed by atoms with Gasteiger partial charge in [-0.25, -0.2) is 8.42 Å². The lowest BCUT2D eigenvalue weighted by Gasteiger charge is -2.27. The molecule has 0 aliphatic carbocycles. The highest BCUT2D eigenvalue weighted by atomic mass is 32.2. The summed E-state index contributed by atoms with van der Waals surface area (Å²) in [6, 6.07) is 12.6. The summed E-state index contributed by atoms with van der Waals surface area (Å²) in [5.74, 6) is -0.988. The topological polar surface area (TPSA) is 76.0 Å². The molecule has 2 heterocycles. The Morgan fingerprint density at radius 1 is 1.12 bits per heavy atom. The number of carbonyl (C=O) groups is 1. The van der Waals surface area contributed by atoms with Gasteiger partial charge >= 0.3 is 12.1 Å². The molecule has 0 aromatic heterocycles. The highest BCUT2D eigenvalue weighted by molar-refractivity contribution is 8.14. The first-order valence-corrected chi connectivity index (χ1v) is 12.5. The van der Waals surface area contributed by atoms with E-state index in [1.165, 1.54) is 17.0 Å². The summed E-state index contributed by atoms with van der Waals surface area (Å²) in [4.78, 5) is 18.1. The van der Waals surface area contributed by atoms with Gasteiger partial charge in [0.1, 0.15) is 6.61 Å². The molecule has 0 amide bonds. The fraction of sp³-hybridized carbons (Fsp3) is 0.333. The zero-order chi connectivity index (χ0) is 22.9. The van der Waals surface area contributed by atoms with Gasteiger partial charge in [0.05, 0.1) is 34.9 Å². The molecule has 170 valence electrons. The van der Waals surface area contributed by atoms with Gasteiger partial charge in [-0.3, -0.25) is 9.79 Å². The molecule has 2 aromatic carbocycles. The molecule has 32 heavy (non-hydrogen) atoms. The Hall–Kier alpha value is -2.53. The van der Waals surface area contributed by atoms with Crippen molar-refractivity contribution >= 4 is 38.4 Å². The fourth-order valence-electron chi connectivity index (χ4n) is 3.67. The molecule has 4 rings (SSSR count). The van der Waals surface area contributed by atoms with E-state index in [2.05, 4.69) is 4.99 Å². The second-order valence-corrected chi connectivity index (χ2v) is 10.6. The quantitative estimate of drug-likeness (QED) is 0.605. The maximum Gasteiger partial charge on any atom is 0.416 e. The molecule has 1 saturated heterocycles. The second-order valence-electron chi connectivity index (χ2n) is 7.48. The third kappa shape index (κ3) is 5.09. The van der Waals surface area contributed by atoms with Gasteiger partial charge in [0, 0.05) is 5.69 Å². The lowest BCUT2D eigenvalue weighted by Crippen LogP contribution is -2.39. The standard InChI is InChI=1S/C21H19F3N2O4S2/c22-21(23,24)15-7-4-8-16(9-15)26-18-13-32(28,29)12-17(18)25-20(26)31-11-19(27)30-10-14-5-2-1-3-6-14/h1-9,17-18H,10-13H2/t17-,18+/m0/s1. The number of amidine groups is 1. The smallest absolute Gasteiger partial charge is 0.416 e. The normalized spacial score (nSPS) is 21.8. The summed E-state index contributed by atoms with van der Waals surface area (Å²) in [6.45, 7) is 0.105. The number of hydrogen-bond acceptors (Lipinski definition) is 7. The third-order valence-electron chi connectivity index (χ3n) is 5.12. The molecule has 0 unspecified atom stereocenters. The zero-order valence-electron chi connectivity index (χ0n) is 16.7. The number of alkyl halides is 3. The van der Waals surface area contributed by atoms with Crippen LogP contribution < -0.4 is 4.90 Å². The Labute approximate surface area is 187 Å². The molecular formula is C21H19F3N2O4S2. The van der Waals surface area contributed by atoms with Gasteiger partial charge < -0.3 is 9.64 Å². The number of thioether (sulfide) groups is 1. The van der Waals surface area contributed by atoms with E-state index < -0.39 is 39.6 Å². The van der Waals surface area contributed by atoms with Crippen LogP contribution in [0.1, 0.15) is 11.1 Å². The highest BCUT2D eigenvalue weighted by Gasteiger charge is 2.47. The van der Waals surface area contributed by atoms with Crippen LogP contribution in [-0.4, -0.2) is 48.9 Å². The van der Waals surface area contributed by atoms with E-state index in [4.69, 9.17) is 4.74 Å². The van der Waals surface area contributed by atoms with Crippen LogP contribution in [0.2, 0.25) is 0 Å². The minimum atomic E-state index is -4.54. The predicted molar refractivity (Wildman–Crippen MR) is 116 cm³/mol. The van der Waals surface area contributed by atoms with Crippen LogP contribution in [0.5, 0.6) is 0 Å². The van der Waals surface area contributed by atoms with Crippen molar-refractivity contribution in [2.24, 2.45) is 4.99 Å². The number of carbonyl (C=O) groups excluding carboxylic acids is 1. The van der Waals surface area contributed by atoms with Crippen molar-refractivity contribution in [1.82, 2.24) is 0 Å². The molecule has 0 bridgehead atoms. The monoisotopic (exact) mass is 484 g/mol. The molecule has 0 saturated carbocycles. The summed E-state index contributed by atoms with van der Waals surface area (Å²) in [5.41, 5.74) is 0.175. The number of nitrogens with zero attached hydrogens (tertiary/aromatic N) is 2. The van der Waals surface area contributed by atoms with Crippen molar-refractivity contribution in [3.63, 3.8) is 0 Å². The Morgan fingerprint density at radius 3 is 2.59 bits per heavy atom. The number of rotatable bonds is 5. The summed E-state index contributed by atoms with van der Waals surface area (Å²) in [7, 11) is -3.35. The molecule has 0 radical (unpaired) electrons. The van der Waals surface area contributed by atoms with E-state index in [-0.39, 0.29) is 29.6 Å². The minimum Gasteiger partial charge on any atom is -0.460 e. The van der Waals surface area contributed by atoms with E-state index in [9.17, 15) is 26.4 Å². The van der Waals surface area contributed by atoms with E-state index in [0.29, 0.717) is 5.17 Å². The van der Waals surface area contributed by atoms with E-state index in [1.807, 2.05) is 30.3 Å². The Morgan fingerprint density at radius 2 is 1.88 bits per heavy atom. The Kier molecular flexibility index (Phi) is 6.22. The molecular weight excluding hydrogens is 465 g/mol. The average Bonchev–Trinajstić information content (AvgIpc) is 3.21. The van der Waals surface area contributed by atoms with Crippen LogP contribution in [0, 0.1) is 0 Å². The van der Waals surface area contributed by atoms with E-state index >= 15 is 0 Å². The number of halogens is 3. The van der Waals surface area contributed by atoms with Gasteiger partial charge in [-0.15, -0.1) is 0 Å². The predicted octanol–water partition coefficient (Wildman–Crippen LogP) is 3.52. The molecule has 2 atom stereocenters. The Bertz CT molecular complexity index is 1140. The maximum atomic E-state index is 13.2. The second kappa shape index (κ2) is 8.78. The average molecular weight is 485 g/mol. The molecule has 2 aliphatic rings. The van der Waals surface area contributed by atoms with Gasteiger partial charge in [0.25, 0.3) is 0 Å². The van der Waals surface area contributed by atoms with Crippen LogP contribution >= 0.6 is 11.8 Å². The zero-order valence-corrected chi connectivity index (χ0v) is 18.3. The number of benzene rings is 2. The van der Waals surface area contributed by atoms with E-state index in [0.717, 1.165) is 29.5 Å². The van der Waals surface area contributed by atoms with Crippen LogP contribution in [0.15, 0.2) is 59.6 Å². The first-order chi connectivity index (χ1) is 15.1. The first kappa shape index (κ1) is 22.7. The van der Waals surface area contributed by atoms with Crippen molar-refractivity contribution in [3.8, 4) is 0 Å². The van der Waals surface area contributed by atoms with Gasteiger partial charge in [-0.05, 0) is 23.8 Å². The lowest BCUT2D eigenvalue weighted by atomic mass is 10.1. The number of sulfone groups is 1. The van der Waals surface area contributed by atoms with Gasteiger partial charge in [0.15, 0.2) is 15.0 Å². The number of hydrogen-bond donors (Lipinski definition) is 0. The number of aliphatic imine (C=N–C) groups is 1. The largest absolute Gasteiger partial charge is 0.460 e. The van der Waals surface area contributed by atoms with Gasteiger partial charge in [0.2, 0.25) is 0 Å². The molecule has 0 N–H and O–H groups in total. The number of ether oxygens (including phenoxy) is 1. The van der Waals surface area contributed by atoms with Crippen LogP contribution in [0.4, 0.5) is 18.9 Å². The van der Waals surface area contributed by atoms with Gasteiger partial charge in [-0.2, -0.15) is 13.2 Å². The first-order valence-electron chi connectivity index (χ1n) is 9.69. The third-order valence-corrected chi connectivity index (χ3v) is 7.76. The molecule has 0 spiro atoms. The molecule has 2 aromatic rings. The Balaban J connectivity index is 1.50. The van der Waals surface area contributed by atoms with Crippen LogP contribution in [0.3, 0.4) is 0 Å². The fourth-order valence-corrected chi connectivity index (χ4v) is 6.44. The van der Waals surface area contributed by atoms with Gasteiger partial charge in [-0.1, -0.05) is 48.2 Å². The van der Waals surface area contributed by atoms with Crippen LogP contribution in [0.25, 0.3) is 0 Å². The molecule has 6 nitrogen and oxygen atoms in total. The molecule has 1 fully saturated rings. The summed E-state index contributed by atoms with van der Waals surface area (Å²) in [6.07, 6.45) is -4.54. The number of esters is 1. The molecule has 2 aliphatic heterocycles. The lowest BCUT2D eigenvalue weighted by molar-refractivity contribution is -0.141. The van der Waals surface area contributed by atoms with Crippen molar-refractivity contribution in [2.45, 2.75) is 24.9 Å². The summed E-state index contributed by atoms with van der Waals surface area (Å²) < 4.78 is 69.0. The minimum absolute atomic E-state index is 0.104. The number of fused-ring (bicyclic) bond motifs is 1. The van der Waals surface area contributed by atoms with Crippen molar-refractivity contribution in [2.75, 3.05) is 22.2 Å². The summed E-state index contributed by atoms with van der Waals surface area (Å²) in [5, 5.41) is 0.311. The van der Waals surface area contributed by atoms with Crippen molar-refractivity contribution in [3.05, 3.63) is 65.7 Å². The summed E-state index contributed by atoms with van der Waals surface area (Å²) >= 11 is 1.03. The van der Waals surface area contributed by atoms with Crippen LogP contribution in [-0.2, 0) is 32.2 Å². The number of anilines is 1. The highest BCUT2D eigenvalue weighted by Crippen LogP contribution is 2.38. The van der Waals surface area contributed by atoms with Crippen molar-refractivity contribution in [1.29, 1.82) is 0 Å². The van der Waals surface area contributed by atoms with E-state index in [1.54, 1.807) is 0 Å². The van der Waals surface area contributed by atoms with Crippen molar-refractivity contribution < 1.29 is 31.1 Å². The SMILES string of the molecule is O=C(CSC1=N[C@H]2CS(=O)(=O)C[C@H]2N1c1cccc(C(F)(F)F)c1)OCc1ccccc1. The molecule has 11 heteroatoms.